The zero-order chi connectivity index (χ0) is 14.6. The molecule has 0 spiro atoms. The van der Waals surface area contributed by atoms with Crippen molar-refractivity contribution in [3.8, 4) is 0 Å². The molecular formula is C14H19ClN2O2. The van der Waals surface area contributed by atoms with E-state index in [0.717, 1.165) is 5.56 Å². The Bertz CT molecular complexity index is 493. The standard InChI is InChI=1S/C14H19ClN2O2/c1-9-7-10(15)5-6-11(9)17-12(18)8-16-13(19)14(2,3)4/h5-7H,8H2,1-4H3,(H,16,19)(H,17,18). The van der Waals surface area contributed by atoms with Crippen molar-refractivity contribution in [3.63, 3.8) is 0 Å². The van der Waals surface area contributed by atoms with E-state index >= 15 is 0 Å². The molecule has 1 rings (SSSR count). The van der Waals surface area contributed by atoms with Crippen LogP contribution in [0.5, 0.6) is 0 Å². The van der Waals surface area contributed by atoms with Crippen LogP contribution in [0.25, 0.3) is 0 Å². The monoisotopic (exact) mass is 282 g/mol. The van der Waals surface area contributed by atoms with Crippen LogP contribution in [0.4, 0.5) is 5.69 Å². The second-order valence-corrected chi connectivity index (χ2v) is 5.88. The fourth-order valence-corrected chi connectivity index (χ4v) is 1.61. The maximum absolute atomic E-state index is 11.7. The number of rotatable bonds is 3. The molecule has 2 N–H and O–H groups in total. The maximum atomic E-state index is 11.7. The summed E-state index contributed by atoms with van der Waals surface area (Å²) in [6, 6.07) is 5.21. The maximum Gasteiger partial charge on any atom is 0.243 e. The molecule has 0 bridgehead atoms. The lowest BCUT2D eigenvalue weighted by Gasteiger charge is -2.17. The number of aryl methyl sites for hydroxylation is 1. The van der Waals surface area contributed by atoms with Gasteiger partial charge in [-0.05, 0) is 30.7 Å². The van der Waals surface area contributed by atoms with E-state index in [1.807, 2.05) is 6.92 Å². The first kappa shape index (κ1) is 15.5. The Labute approximate surface area is 118 Å². The number of carbonyl (C=O) groups excluding carboxylic acids is 2. The predicted octanol–water partition coefficient (Wildman–Crippen LogP) is 2.75. The summed E-state index contributed by atoms with van der Waals surface area (Å²) in [5.41, 5.74) is 1.07. The molecule has 0 fully saturated rings. The van der Waals surface area contributed by atoms with Gasteiger partial charge in [0, 0.05) is 16.1 Å². The van der Waals surface area contributed by atoms with Crippen LogP contribution in [-0.2, 0) is 9.59 Å². The van der Waals surface area contributed by atoms with Gasteiger partial charge in [0.15, 0.2) is 0 Å². The largest absolute Gasteiger partial charge is 0.347 e. The molecule has 0 saturated heterocycles. The number of amides is 2. The van der Waals surface area contributed by atoms with Crippen molar-refractivity contribution in [1.82, 2.24) is 5.32 Å². The first-order valence-corrected chi connectivity index (χ1v) is 6.42. The number of hydrogen-bond acceptors (Lipinski definition) is 2. The van der Waals surface area contributed by atoms with Gasteiger partial charge in [-0.3, -0.25) is 9.59 Å². The zero-order valence-corrected chi connectivity index (χ0v) is 12.4. The minimum absolute atomic E-state index is 0.0435. The Hall–Kier alpha value is -1.55. The molecule has 104 valence electrons. The van der Waals surface area contributed by atoms with Crippen LogP contribution in [-0.4, -0.2) is 18.4 Å². The molecule has 0 aliphatic rings. The Morgan fingerprint density at radius 2 is 1.89 bits per heavy atom. The first-order chi connectivity index (χ1) is 8.70. The summed E-state index contributed by atoms with van der Waals surface area (Å²) in [6.45, 7) is 7.20. The lowest BCUT2D eigenvalue weighted by molar-refractivity contribution is -0.130. The molecule has 0 heterocycles. The van der Waals surface area contributed by atoms with E-state index in [2.05, 4.69) is 10.6 Å². The van der Waals surface area contributed by atoms with Gasteiger partial charge in [0.05, 0.1) is 6.54 Å². The molecule has 0 aliphatic carbocycles. The Balaban J connectivity index is 2.54. The molecule has 0 aromatic heterocycles. The van der Waals surface area contributed by atoms with Crippen molar-refractivity contribution < 1.29 is 9.59 Å². The SMILES string of the molecule is Cc1cc(Cl)ccc1NC(=O)CNC(=O)C(C)(C)C. The van der Waals surface area contributed by atoms with Crippen LogP contribution in [0.3, 0.4) is 0 Å². The van der Waals surface area contributed by atoms with Crippen molar-refractivity contribution in [2.24, 2.45) is 5.41 Å². The molecule has 0 atom stereocenters. The Kier molecular flexibility index (Phi) is 4.95. The van der Waals surface area contributed by atoms with E-state index in [-0.39, 0.29) is 18.4 Å². The number of anilines is 1. The highest BCUT2D eigenvalue weighted by molar-refractivity contribution is 6.30. The zero-order valence-electron chi connectivity index (χ0n) is 11.6. The number of halogens is 1. The van der Waals surface area contributed by atoms with Gasteiger partial charge in [-0.2, -0.15) is 0 Å². The third kappa shape index (κ3) is 4.91. The van der Waals surface area contributed by atoms with Gasteiger partial charge in [-0.15, -0.1) is 0 Å². The van der Waals surface area contributed by atoms with E-state index < -0.39 is 5.41 Å². The average Bonchev–Trinajstić information content (AvgIpc) is 2.28. The highest BCUT2D eigenvalue weighted by Gasteiger charge is 2.21. The summed E-state index contributed by atoms with van der Waals surface area (Å²) < 4.78 is 0. The van der Waals surface area contributed by atoms with E-state index in [9.17, 15) is 9.59 Å². The quantitative estimate of drug-likeness (QED) is 0.896. The van der Waals surface area contributed by atoms with Crippen LogP contribution >= 0.6 is 11.6 Å². The van der Waals surface area contributed by atoms with E-state index in [0.29, 0.717) is 10.7 Å². The van der Waals surface area contributed by atoms with Gasteiger partial charge in [0.25, 0.3) is 0 Å². The number of nitrogens with one attached hydrogen (secondary N) is 2. The van der Waals surface area contributed by atoms with Crippen molar-refractivity contribution >= 4 is 29.1 Å². The molecule has 0 aliphatic heterocycles. The summed E-state index contributed by atoms with van der Waals surface area (Å²) in [5.74, 6) is -0.418. The second-order valence-electron chi connectivity index (χ2n) is 5.44. The lowest BCUT2D eigenvalue weighted by Crippen LogP contribution is -2.39. The molecule has 19 heavy (non-hydrogen) atoms. The normalized spacial score (nSPS) is 11.0. The van der Waals surface area contributed by atoms with Gasteiger partial charge in [0.1, 0.15) is 0 Å². The number of benzene rings is 1. The smallest absolute Gasteiger partial charge is 0.243 e. The fraction of sp³-hybridized carbons (Fsp3) is 0.429. The van der Waals surface area contributed by atoms with Crippen molar-refractivity contribution in [1.29, 1.82) is 0 Å². The topological polar surface area (TPSA) is 58.2 Å². The van der Waals surface area contributed by atoms with Gasteiger partial charge in [-0.1, -0.05) is 32.4 Å². The van der Waals surface area contributed by atoms with Gasteiger partial charge < -0.3 is 10.6 Å². The lowest BCUT2D eigenvalue weighted by atomic mass is 9.96. The second kappa shape index (κ2) is 6.06. The first-order valence-electron chi connectivity index (χ1n) is 6.04. The van der Waals surface area contributed by atoms with Crippen LogP contribution in [0, 0.1) is 12.3 Å². The fourth-order valence-electron chi connectivity index (χ4n) is 1.39. The third-order valence-electron chi connectivity index (χ3n) is 2.55. The van der Waals surface area contributed by atoms with Crippen molar-refractivity contribution in [3.05, 3.63) is 28.8 Å². The van der Waals surface area contributed by atoms with Gasteiger partial charge in [0.2, 0.25) is 11.8 Å². The van der Waals surface area contributed by atoms with Crippen LogP contribution in [0.15, 0.2) is 18.2 Å². The molecule has 0 radical (unpaired) electrons. The molecule has 1 aromatic carbocycles. The predicted molar refractivity (Wildman–Crippen MR) is 77.3 cm³/mol. The highest BCUT2D eigenvalue weighted by atomic mass is 35.5. The summed E-state index contributed by atoms with van der Waals surface area (Å²) in [7, 11) is 0. The minimum atomic E-state index is -0.504. The van der Waals surface area contributed by atoms with Crippen LogP contribution in [0.1, 0.15) is 26.3 Å². The molecular weight excluding hydrogens is 264 g/mol. The molecule has 4 nitrogen and oxygen atoms in total. The van der Waals surface area contributed by atoms with E-state index in [1.165, 1.54) is 0 Å². The van der Waals surface area contributed by atoms with Gasteiger partial charge >= 0.3 is 0 Å². The molecule has 0 saturated carbocycles. The van der Waals surface area contributed by atoms with E-state index in [1.54, 1.807) is 39.0 Å². The molecule has 5 heteroatoms. The van der Waals surface area contributed by atoms with Crippen LogP contribution in [0.2, 0.25) is 5.02 Å². The number of carbonyl (C=O) groups is 2. The summed E-state index contributed by atoms with van der Waals surface area (Å²) in [4.78, 5) is 23.3. The Morgan fingerprint density at radius 1 is 1.26 bits per heavy atom. The molecule has 2 amide bonds. The number of hydrogen-bond donors (Lipinski definition) is 2. The average molecular weight is 283 g/mol. The summed E-state index contributed by atoms with van der Waals surface area (Å²) in [6.07, 6.45) is 0. The Morgan fingerprint density at radius 3 is 2.42 bits per heavy atom. The highest BCUT2D eigenvalue weighted by Crippen LogP contribution is 2.19. The third-order valence-corrected chi connectivity index (χ3v) is 2.79. The molecule has 1 aromatic rings. The van der Waals surface area contributed by atoms with E-state index in [4.69, 9.17) is 11.6 Å². The minimum Gasteiger partial charge on any atom is -0.347 e. The summed E-state index contributed by atoms with van der Waals surface area (Å²) in [5, 5.41) is 5.95. The van der Waals surface area contributed by atoms with Crippen molar-refractivity contribution in [2.75, 3.05) is 11.9 Å². The summed E-state index contributed by atoms with van der Waals surface area (Å²) >= 11 is 5.84. The van der Waals surface area contributed by atoms with Crippen molar-refractivity contribution in [2.45, 2.75) is 27.7 Å². The molecule has 0 unspecified atom stereocenters. The van der Waals surface area contributed by atoms with Crippen LogP contribution < -0.4 is 10.6 Å². The van der Waals surface area contributed by atoms with Gasteiger partial charge in [-0.25, -0.2) is 0 Å².